The molecule has 1 saturated heterocycles. The van der Waals surface area contributed by atoms with Crippen LogP contribution in [0.3, 0.4) is 0 Å². The fourth-order valence-corrected chi connectivity index (χ4v) is 9.23. The number of hydrogen-bond donors (Lipinski definition) is 18. The molecule has 1 aromatic carbocycles. The van der Waals surface area contributed by atoms with E-state index in [2.05, 4.69) is 58.5 Å². The van der Waals surface area contributed by atoms with Crippen molar-refractivity contribution in [1.82, 2.24) is 58.1 Å². The van der Waals surface area contributed by atoms with Gasteiger partial charge in [0.15, 0.2) is 11.9 Å². The van der Waals surface area contributed by atoms with E-state index in [4.69, 9.17) is 33.8 Å². The van der Waals surface area contributed by atoms with Crippen molar-refractivity contribution in [2.75, 3.05) is 44.6 Å². The second-order valence-electron chi connectivity index (χ2n) is 22.3. The van der Waals surface area contributed by atoms with Crippen molar-refractivity contribution in [3.63, 3.8) is 0 Å². The average molecular weight is 1270 g/mol. The molecule has 22 N–H and O–H groups in total. The number of hydrogen-bond acceptors (Lipinski definition) is 20. The van der Waals surface area contributed by atoms with Crippen molar-refractivity contribution in [2.45, 2.75) is 172 Å². The fraction of sp³-hybridized carbons (Fsp3) is 0.648. The van der Waals surface area contributed by atoms with E-state index >= 15 is 0 Å². The summed E-state index contributed by atoms with van der Waals surface area (Å²) in [6.45, 7) is 7.57. The molecule has 9 atom stereocenters. The lowest BCUT2D eigenvalue weighted by molar-refractivity contribution is -0.393. The first kappa shape index (κ1) is 76.7. The first-order valence-corrected chi connectivity index (χ1v) is 29.5. The number of nitrogens with zero attached hydrogens (tertiary/aromatic N) is 3. The van der Waals surface area contributed by atoms with E-state index in [1.54, 1.807) is 34.0 Å². The van der Waals surface area contributed by atoms with Gasteiger partial charge in [0, 0.05) is 38.7 Å². The van der Waals surface area contributed by atoms with Gasteiger partial charge in [-0.25, -0.2) is 0 Å². The maximum atomic E-state index is 14.3. The van der Waals surface area contributed by atoms with Crippen molar-refractivity contribution in [2.24, 2.45) is 34.8 Å². The highest BCUT2D eigenvalue weighted by molar-refractivity contribution is 5.98. The average Bonchev–Trinajstić information content (AvgIpc) is 2.86. The zero-order chi connectivity index (χ0) is 67.8. The molecule has 1 heterocycles. The van der Waals surface area contributed by atoms with Gasteiger partial charge in [-0.2, -0.15) is 0 Å². The standard InChI is InChI=1S/C54H89N20O16/c1-29(2)23-38(70-51(85)41-14-10-22-72(41)52(86)34(56)12-6-7-19-55)46(80)64-27-43(76)67-39(24-30(3)4)49(83)71-40(26-63-35-16-15-33(73(87)88)25-42(35)74(89)90)50(84)65-31(5)45(79)68-36(13-9-21-62-54(59)60)48(82)69-37(17-18-44(77)78)47(81)66-32(28-75)11-8-20-61-53(57)58/h15-16,25,29-32,34,36-41,63H,6-14,17-24,26-27,55-56H2,1-5H3,(H,64,80)(H,65,84)(H,66,81)(H,67,76)(H,68,79)(H,69,82)(H,70,85)(H,71,83)(H,77,78)(H4,57,58,61)(H4,59,60,62)/t31-,32+,34+,36+,37+,38-,39-,40-,41-/m0/s1. The third kappa shape index (κ3) is 28.2. The van der Waals surface area contributed by atoms with Crippen LogP contribution in [-0.4, -0.2) is 191 Å². The third-order valence-corrected chi connectivity index (χ3v) is 13.9. The minimum Gasteiger partial charge on any atom is -0.481 e. The number of carbonyl (C=O) groups excluding carboxylic acids is 10. The Morgan fingerprint density at radius 3 is 1.80 bits per heavy atom. The number of non-ortho nitro benzene ring substituents is 1. The van der Waals surface area contributed by atoms with Crippen molar-refractivity contribution in [3.05, 3.63) is 38.4 Å². The second-order valence-corrected chi connectivity index (χ2v) is 22.3. The Bertz CT molecular complexity index is 2700. The summed E-state index contributed by atoms with van der Waals surface area (Å²) in [7, 11) is 0. The number of rotatable bonds is 42. The lowest BCUT2D eigenvalue weighted by Crippen LogP contribution is -2.60. The van der Waals surface area contributed by atoms with Gasteiger partial charge in [0.1, 0.15) is 48.0 Å². The van der Waals surface area contributed by atoms with E-state index in [-0.39, 0.29) is 81.6 Å². The van der Waals surface area contributed by atoms with Gasteiger partial charge < -0.3 is 91.4 Å². The number of carbonyl (C=O) groups is 10. The van der Waals surface area contributed by atoms with Crippen LogP contribution >= 0.6 is 0 Å². The van der Waals surface area contributed by atoms with Crippen molar-refractivity contribution >= 4 is 94.4 Å². The van der Waals surface area contributed by atoms with Crippen LogP contribution in [0.1, 0.15) is 118 Å². The quantitative estimate of drug-likeness (QED) is 0.00992. The first-order chi connectivity index (χ1) is 42.4. The Kier molecular flexibility index (Phi) is 33.7. The molecule has 0 aliphatic carbocycles. The zero-order valence-electron chi connectivity index (χ0n) is 51.2. The number of carboxylic acids is 1. The van der Waals surface area contributed by atoms with E-state index in [0.717, 1.165) is 12.1 Å². The molecule has 1 radical (unpaired) electrons. The summed E-state index contributed by atoms with van der Waals surface area (Å²) in [6, 6.07) is -9.61. The smallest absolute Gasteiger partial charge is 0.303 e. The summed E-state index contributed by atoms with van der Waals surface area (Å²) in [6.07, 6.45) is 3.05. The van der Waals surface area contributed by atoms with E-state index < -0.39 is 167 Å². The molecule has 2 rings (SSSR count). The van der Waals surface area contributed by atoms with Crippen molar-refractivity contribution < 1.29 is 67.7 Å². The van der Waals surface area contributed by atoms with Crippen LogP contribution in [0.25, 0.3) is 0 Å². The SMILES string of the molecule is CC(C)C[C@H](NC(=O)CNC(=O)[C@H](CC(C)C)NC(=O)[C@@H]1CCCN1C(=O)[C@H](N)CCCCN)C(=O)N[C@@H](CNc1ccc([N+](=O)[O-])cc1[N+](=O)[O-])C(=O)N[C@@H](C)C(=O)N[C@H](CCCNC(=N)N)C(=O)N[C@H](CCC(=O)O)C(=O)N[C@@H]([C]=O)CCCNC(=N)N. The zero-order valence-corrected chi connectivity index (χ0v) is 51.2. The van der Waals surface area contributed by atoms with Gasteiger partial charge in [0.25, 0.3) is 11.4 Å². The van der Waals surface area contributed by atoms with Crippen molar-refractivity contribution in [3.8, 4) is 0 Å². The van der Waals surface area contributed by atoms with Gasteiger partial charge >= 0.3 is 5.97 Å². The Balaban J connectivity index is 2.44. The number of likely N-dealkylation sites (tertiary alicyclic amines) is 1. The first-order valence-electron chi connectivity index (χ1n) is 29.5. The Hall–Kier alpha value is -9.35. The van der Waals surface area contributed by atoms with Crippen LogP contribution in [-0.2, 0) is 52.7 Å². The highest BCUT2D eigenvalue weighted by Crippen LogP contribution is 2.29. The number of nitro groups is 2. The van der Waals surface area contributed by atoms with E-state index in [0.29, 0.717) is 44.7 Å². The van der Waals surface area contributed by atoms with Crippen LogP contribution in [0, 0.1) is 42.9 Å². The van der Waals surface area contributed by atoms with E-state index in [1.807, 2.05) is 0 Å². The molecule has 9 amide bonds. The third-order valence-electron chi connectivity index (χ3n) is 13.9. The number of amides is 9. The van der Waals surface area contributed by atoms with Gasteiger partial charge in [-0.05, 0) is 102 Å². The predicted octanol–water partition coefficient (Wildman–Crippen LogP) is -3.51. The number of nitro benzene ring substituents is 2. The van der Waals surface area contributed by atoms with Gasteiger partial charge in [0.05, 0.1) is 34.5 Å². The number of carboxylic acid groups (broad SMARTS) is 1. The second kappa shape index (κ2) is 39.5. The number of unbranched alkanes of at least 4 members (excludes halogenated alkanes) is 1. The van der Waals surface area contributed by atoms with Crippen LogP contribution < -0.4 is 81.4 Å². The molecule has 90 heavy (non-hydrogen) atoms. The maximum Gasteiger partial charge on any atom is 0.303 e. The van der Waals surface area contributed by atoms with Crippen LogP contribution in [0.5, 0.6) is 0 Å². The lowest BCUT2D eigenvalue weighted by Gasteiger charge is -2.29. The normalized spacial score (nSPS) is 15.3. The Morgan fingerprint density at radius 1 is 0.678 bits per heavy atom. The number of aliphatic carboxylic acids is 1. The highest BCUT2D eigenvalue weighted by Gasteiger charge is 2.38. The Labute approximate surface area is 519 Å². The van der Waals surface area contributed by atoms with Gasteiger partial charge in [-0.15, -0.1) is 0 Å². The van der Waals surface area contributed by atoms with Crippen molar-refractivity contribution in [1.29, 1.82) is 10.8 Å². The molecular weight excluding hydrogens is 1180 g/mol. The summed E-state index contributed by atoms with van der Waals surface area (Å²) in [4.78, 5) is 171. The minimum absolute atomic E-state index is 0.00105. The maximum absolute atomic E-state index is 14.3. The van der Waals surface area contributed by atoms with E-state index in [9.17, 15) is 78.1 Å². The molecule has 0 aromatic heterocycles. The molecule has 501 valence electrons. The van der Waals surface area contributed by atoms with Crippen LogP contribution in [0.2, 0.25) is 0 Å². The molecule has 1 aliphatic rings. The molecule has 0 unspecified atom stereocenters. The summed E-state index contributed by atoms with van der Waals surface area (Å²) in [5.41, 5.74) is 20.6. The molecule has 1 aliphatic heterocycles. The summed E-state index contributed by atoms with van der Waals surface area (Å²) in [5, 5.41) is 75.3. The molecule has 0 bridgehead atoms. The molecule has 0 spiro atoms. The fourth-order valence-electron chi connectivity index (χ4n) is 9.23. The number of nitrogens with one attached hydrogen (secondary N) is 13. The topological polar surface area (TPSA) is 582 Å². The van der Waals surface area contributed by atoms with Gasteiger partial charge in [-0.3, -0.25) is 83.8 Å². The van der Waals surface area contributed by atoms with E-state index in [1.165, 1.54) is 11.8 Å². The number of guanidine groups is 2. The molecular formula is C54H89N20O16. The number of nitrogens with two attached hydrogens (primary N) is 4. The predicted molar refractivity (Wildman–Crippen MR) is 326 cm³/mol. The highest BCUT2D eigenvalue weighted by atomic mass is 16.6. The number of benzene rings is 1. The largest absolute Gasteiger partial charge is 0.481 e. The summed E-state index contributed by atoms with van der Waals surface area (Å²) < 4.78 is 0. The summed E-state index contributed by atoms with van der Waals surface area (Å²) in [5.74, 6) is -10.5. The van der Waals surface area contributed by atoms with Gasteiger partial charge in [-0.1, -0.05) is 34.1 Å². The molecule has 1 fully saturated rings. The number of anilines is 1. The Morgan fingerprint density at radius 2 is 1.23 bits per heavy atom. The molecule has 1 aromatic rings. The molecule has 0 saturated carbocycles. The summed E-state index contributed by atoms with van der Waals surface area (Å²) >= 11 is 0. The minimum atomic E-state index is -1.80. The van der Waals surface area contributed by atoms with Crippen LogP contribution in [0.15, 0.2) is 18.2 Å². The molecule has 36 nitrogen and oxygen atoms in total. The van der Waals surface area contributed by atoms with Gasteiger partial charge in [0.2, 0.25) is 59.5 Å². The molecule has 36 heteroatoms. The lowest BCUT2D eigenvalue weighted by atomic mass is 10.0. The van der Waals surface area contributed by atoms with Crippen LogP contribution in [0.4, 0.5) is 17.1 Å². The monoisotopic (exact) mass is 1270 g/mol.